The first-order chi connectivity index (χ1) is 17.7. The maximum atomic E-state index is 5.00. The number of hydrogen-bond acceptors (Lipinski definition) is 2. The first-order valence-electron chi connectivity index (χ1n) is 12.2. The molecule has 2 aromatic rings. The summed E-state index contributed by atoms with van der Waals surface area (Å²) in [6.07, 6.45) is 19.8. The summed E-state index contributed by atoms with van der Waals surface area (Å²) >= 11 is 10.9. The van der Waals surface area contributed by atoms with E-state index in [1.807, 2.05) is 0 Å². The van der Waals surface area contributed by atoms with Crippen LogP contribution in [0, 0.1) is 71.5 Å². The predicted octanol–water partition coefficient (Wildman–Crippen LogP) is 9.46. The van der Waals surface area contributed by atoms with Crippen molar-refractivity contribution >= 4 is 54.5 Å². The maximum Gasteiger partial charge on any atom is 0.0861 e. The molecule has 2 aromatic heterocycles. The van der Waals surface area contributed by atoms with Gasteiger partial charge in [-0.15, -0.1) is 29.1 Å². The van der Waals surface area contributed by atoms with Crippen LogP contribution in [0.25, 0.3) is 9.75 Å². The molecule has 0 aliphatic rings. The number of hydrogen-bond donors (Lipinski definition) is 0. The van der Waals surface area contributed by atoms with Crippen LogP contribution in [0.2, 0.25) is 0 Å². The lowest BCUT2D eigenvalue weighted by Gasteiger charge is -2.02. The van der Waals surface area contributed by atoms with Gasteiger partial charge in [-0.2, -0.15) is 0 Å². The standard InChI is InChI=1S/C32H28Br2S2/c1-3-5-7-9-11-13-15-17-19-21-23-27-25-29(35-31(27)33)30-26-28(32(34)36-30)24-22-20-18-16-14-12-10-8-6-4-2/h1,25-26H,4,6,8,10,12,14,16,18,20,22,24H2,2H3. The highest BCUT2D eigenvalue weighted by atomic mass is 79.9. The summed E-state index contributed by atoms with van der Waals surface area (Å²) in [5.74, 6) is 28.7. The quantitative estimate of drug-likeness (QED) is 0.161. The van der Waals surface area contributed by atoms with Crippen LogP contribution in [0.4, 0.5) is 0 Å². The predicted molar refractivity (Wildman–Crippen MR) is 165 cm³/mol. The lowest BCUT2D eigenvalue weighted by atomic mass is 10.0. The van der Waals surface area contributed by atoms with E-state index in [1.54, 1.807) is 22.7 Å². The van der Waals surface area contributed by atoms with Gasteiger partial charge < -0.3 is 0 Å². The van der Waals surface area contributed by atoms with E-state index in [0.29, 0.717) is 0 Å². The van der Waals surface area contributed by atoms with Gasteiger partial charge in [-0.1, -0.05) is 70.6 Å². The fraction of sp³-hybridized carbons (Fsp3) is 0.375. The van der Waals surface area contributed by atoms with Crippen LogP contribution in [0.5, 0.6) is 0 Å². The molecule has 2 heterocycles. The van der Waals surface area contributed by atoms with Gasteiger partial charge in [0.2, 0.25) is 0 Å². The summed E-state index contributed by atoms with van der Waals surface area (Å²) in [7, 11) is 0. The average Bonchev–Trinajstić information content (AvgIpc) is 3.43. The fourth-order valence-corrected chi connectivity index (χ4v) is 6.85. The monoisotopic (exact) mass is 634 g/mol. The smallest absolute Gasteiger partial charge is 0.0861 e. The molecular weight excluding hydrogens is 608 g/mol. The van der Waals surface area contributed by atoms with Gasteiger partial charge in [0, 0.05) is 9.75 Å². The van der Waals surface area contributed by atoms with Crippen molar-refractivity contribution in [1.82, 2.24) is 0 Å². The minimum atomic E-state index is 0.933. The molecule has 0 radical (unpaired) electrons. The minimum Gasteiger partial charge on any atom is -0.127 e. The summed E-state index contributed by atoms with van der Waals surface area (Å²) in [5.41, 5.74) is 2.34. The van der Waals surface area contributed by atoms with E-state index in [1.165, 1.54) is 83.3 Å². The second-order valence-electron chi connectivity index (χ2n) is 8.03. The molecule has 0 N–H and O–H groups in total. The molecule has 0 saturated heterocycles. The van der Waals surface area contributed by atoms with Crippen LogP contribution in [0.1, 0.15) is 82.3 Å². The van der Waals surface area contributed by atoms with Crippen LogP contribution in [-0.2, 0) is 6.42 Å². The van der Waals surface area contributed by atoms with Gasteiger partial charge in [-0.05, 0) is 122 Å². The normalized spacial score (nSPS) is 9.06. The van der Waals surface area contributed by atoms with E-state index >= 15 is 0 Å². The Morgan fingerprint density at radius 3 is 1.75 bits per heavy atom. The van der Waals surface area contributed by atoms with E-state index in [9.17, 15) is 0 Å². The molecule has 0 fully saturated rings. The third kappa shape index (κ3) is 12.1. The molecule has 0 atom stereocenters. The maximum absolute atomic E-state index is 5.00. The van der Waals surface area contributed by atoms with E-state index in [2.05, 4.69) is 116 Å². The SMILES string of the molecule is C#CC#CC#CC#CC#CC#Cc1cc(-c2cc(CCCCCCCCCCCC)c(Br)s2)sc1Br. The zero-order chi connectivity index (χ0) is 25.8. The van der Waals surface area contributed by atoms with Crippen molar-refractivity contribution in [3.05, 3.63) is 30.8 Å². The summed E-state index contributed by atoms with van der Waals surface area (Å²) in [6.45, 7) is 2.27. The van der Waals surface area contributed by atoms with Crippen LogP contribution < -0.4 is 0 Å². The molecule has 0 aromatic carbocycles. The molecule has 0 aliphatic carbocycles. The summed E-state index contributed by atoms with van der Waals surface area (Å²) < 4.78 is 2.25. The number of aryl methyl sites for hydroxylation is 1. The highest BCUT2D eigenvalue weighted by Gasteiger charge is 2.12. The zero-order valence-electron chi connectivity index (χ0n) is 20.6. The molecule has 0 amide bonds. The van der Waals surface area contributed by atoms with Crippen LogP contribution >= 0.6 is 54.5 Å². The first-order valence-corrected chi connectivity index (χ1v) is 15.4. The number of unbranched alkanes of at least 4 members (excludes halogenated alkanes) is 9. The third-order valence-electron chi connectivity index (χ3n) is 5.26. The van der Waals surface area contributed by atoms with Crippen molar-refractivity contribution in [3.63, 3.8) is 0 Å². The van der Waals surface area contributed by atoms with Crippen molar-refractivity contribution in [2.24, 2.45) is 0 Å². The molecule has 36 heavy (non-hydrogen) atoms. The summed E-state index contributed by atoms with van der Waals surface area (Å²) in [5, 5.41) is 0. The Morgan fingerprint density at radius 2 is 1.14 bits per heavy atom. The van der Waals surface area contributed by atoms with E-state index in [-0.39, 0.29) is 0 Å². The van der Waals surface area contributed by atoms with Gasteiger partial charge >= 0.3 is 0 Å². The van der Waals surface area contributed by atoms with Crippen molar-refractivity contribution in [2.75, 3.05) is 0 Å². The molecule has 0 saturated carbocycles. The van der Waals surface area contributed by atoms with Crippen molar-refractivity contribution in [2.45, 2.75) is 77.6 Å². The number of terminal acetylenes is 1. The lowest BCUT2D eigenvalue weighted by molar-refractivity contribution is 0.556. The molecule has 2 rings (SSSR count). The Balaban J connectivity index is 1.83. The number of rotatable bonds is 12. The second-order valence-corrected chi connectivity index (χ2v) is 12.8. The second kappa shape index (κ2) is 18.9. The molecule has 4 heteroatoms. The fourth-order valence-electron chi connectivity index (χ4n) is 3.43. The van der Waals surface area contributed by atoms with Gasteiger partial charge in [0.05, 0.1) is 13.1 Å². The Kier molecular flexibility index (Phi) is 15.7. The van der Waals surface area contributed by atoms with Gasteiger partial charge in [0.15, 0.2) is 0 Å². The summed E-state index contributed by atoms with van der Waals surface area (Å²) in [4.78, 5) is 2.48. The lowest BCUT2D eigenvalue weighted by Crippen LogP contribution is -1.85. The van der Waals surface area contributed by atoms with Crippen LogP contribution in [0.3, 0.4) is 0 Å². The Bertz CT molecular complexity index is 1340. The minimum absolute atomic E-state index is 0.933. The zero-order valence-corrected chi connectivity index (χ0v) is 25.4. The first kappa shape index (κ1) is 29.9. The van der Waals surface area contributed by atoms with E-state index < -0.39 is 0 Å². The largest absolute Gasteiger partial charge is 0.127 e. The number of thiophene rings is 2. The topological polar surface area (TPSA) is 0 Å². The number of halogens is 2. The van der Waals surface area contributed by atoms with Crippen molar-refractivity contribution in [1.29, 1.82) is 0 Å². The molecule has 0 nitrogen and oxygen atoms in total. The highest BCUT2D eigenvalue weighted by molar-refractivity contribution is 9.11. The van der Waals surface area contributed by atoms with Crippen LogP contribution in [0.15, 0.2) is 19.7 Å². The van der Waals surface area contributed by atoms with E-state index in [0.717, 1.165) is 15.8 Å². The van der Waals surface area contributed by atoms with E-state index in [4.69, 9.17) is 6.42 Å². The Hall–Kier alpha value is -2.28. The molecule has 0 aliphatic heterocycles. The average molecular weight is 637 g/mol. The van der Waals surface area contributed by atoms with Gasteiger partial charge in [-0.25, -0.2) is 0 Å². The molecule has 0 bridgehead atoms. The van der Waals surface area contributed by atoms with Crippen LogP contribution in [-0.4, -0.2) is 0 Å². The molecule has 0 spiro atoms. The van der Waals surface area contributed by atoms with Gasteiger partial charge in [0.1, 0.15) is 0 Å². The third-order valence-corrected chi connectivity index (χ3v) is 9.25. The highest BCUT2D eigenvalue weighted by Crippen LogP contribution is 2.41. The Labute approximate surface area is 242 Å². The van der Waals surface area contributed by atoms with Gasteiger partial charge in [0.25, 0.3) is 0 Å². The summed E-state index contributed by atoms with van der Waals surface area (Å²) in [6, 6.07) is 4.44. The van der Waals surface area contributed by atoms with Crippen molar-refractivity contribution < 1.29 is 0 Å². The Morgan fingerprint density at radius 1 is 0.639 bits per heavy atom. The van der Waals surface area contributed by atoms with Gasteiger partial charge in [-0.3, -0.25) is 0 Å². The molecular formula is C32H28Br2S2. The molecule has 0 unspecified atom stereocenters. The van der Waals surface area contributed by atoms with Crippen molar-refractivity contribution in [3.8, 4) is 81.3 Å². The molecule has 182 valence electrons.